The van der Waals surface area contributed by atoms with Crippen LogP contribution < -0.4 is 0 Å². The number of nitrogens with zero attached hydrogens (tertiary/aromatic N) is 2. The molecule has 0 N–H and O–H groups in total. The molecular weight excluding hydrogens is 226 g/mol. The molecule has 1 heterocycles. The summed E-state index contributed by atoms with van der Waals surface area (Å²) in [5, 5.41) is 3.81. The van der Waals surface area contributed by atoms with E-state index in [1.54, 1.807) is 7.05 Å². The van der Waals surface area contributed by atoms with Crippen molar-refractivity contribution in [1.82, 2.24) is 9.78 Å². The highest BCUT2D eigenvalue weighted by atomic mass is 19.2. The number of halogens is 2. The van der Waals surface area contributed by atoms with Crippen molar-refractivity contribution < 1.29 is 13.6 Å². The molecule has 0 radical (unpaired) electrons. The van der Waals surface area contributed by atoms with Gasteiger partial charge in [0.25, 0.3) is 0 Å². The second-order valence-corrected chi connectivity index (χ2v) is 3.73. The molecule has 0 amide bonds. The maximum atomic E-state index is 13.6. The summed E-state index contributed by atoms with van der Waals surface area (Å²) < 4.78 is 28.3. The van der Waals surface area contributed by atoms with E-state index >= 15 is 0 Å². The van der Waals surface area contributed by atoms with Crippen LogP contribution in [0.15, 0.2) is 24.4 Å². The van der Waals surface area contributed by atoms with Crippen molar-refractivity contribution >= 4 is 5.78 Å². The SMILES string of the molecule is Cc1ccc(C(=O)c2ccnn2C)c(F)c1F. The van der Waals surface area contributed by atoms with Crippen LogP contribution in [0.2, 0.25) is 0 Å². The number of aromatic nitrogens is 2. The van der Waals surface area contributed by atoms with E-state index in [0.717, 1.165) is 0 Å². The number of rotatable bonds is 2. The molecule has 0 saturated carbocycles. The molecule has 1 aromatic heterocycles. The predicted molar refractivity (Wildman–Crippen MR) is 57.7 cm³/mol. The Morgan fingerprint density at radius 1 is 1.24 bits per heavy atom. The van der Waals surface area contributed by atoms with Crippen LogP contribution in [0.25, 0.3) is 0 Å². The standard InChI is InChI=1S/C12H10F2N2O/c1-7-3-4-8(11(14)10(7)13)12(17)9-5-6-15-16(9)2/h3-6H,1-2H3. The molecule has 0 bridgehead atoms. The van der Waals surface area contributed by atoms with Gasteiger partial charge in [0.1, 0.15) is 5.69 Å². The van der Waals surface area contributed by atoms with E-state index < -0.39 is 17.4 Å². The van der Waals surface area contributed by atoms with Crippen LogP contribution in [0.4, 0.5) is 8.78 Å². The Bertz CT molecular complexity index is 590. The summed E-state index contributed by atoms with van der Waals surface area (Å²) in [4.78, 5) is 11.9. The smallest absolute Gasteiger partial charge is 0.214 e. The van der Waals surface area contributed by atoms with Crippen molar-refractivity contribution in [3.05, 3.63) is 52.9 Å². The lowest BCUT2D eigenvalue weighted by molar-refractivity contribution is 0.102. The summed E-state index contributed by atoms with van der Waals surface area (Å²) in [5.41, 5.74) is 0.105. The first-order valence-corrected chi connectivity index (χ1v) is 4.99. The Hall–Kier alpha value is -2.04. The Morgan fingerprint density at radius 2 is 1.94 bits per heavy atom. The van der Waals surface area contributed by atoms with Crippen LogP contribution in [0.1, 0.15) is 21.6 Å². The van der Waals surface area contributed by atoms with Gasteiger partial charge in [0.05, 0.1) is 5.56 Å². The Kier molecular flexibility index (Phi) is 2.75. The van der Waals surface area contributed by atoms with Crippen LogP contribution in [0, 0.1) is 18.6 Å². The van der Waals surface area contributed by atoms with E-state index in [4.69, 9.17) is 0 Å². The van der Waals surface area contributed by atoms with Crippen molar-refractivity contribution in [3.63, 3.8) is 0 Å². The minimum absolute atomic E-state index is 0.170. The first kappa shape index (κ1) is 11.4. The number of carbonyl (C=O) groups excluding carboxylic acids is 1. The largest absolute Gasteiger partial charge is 0.287 e. The lowest BCUT2D eigenvalue weighted by Crippen LogP contribution is -2.11. The lowest BCUT2D eigenvalue weighted by atomic mass is 10.1. The molecule has 0 fully saturated rings. The molecule has 1 aromatic carbocycles. The van der Waals surface area contributed by atoms with E-state index in [-0.39, 0.29) is 16.8 Å². The maximum absolute atomic E-state index is 13.6. The highest BCUT2D eigenvalue weighted by Crippen LogP contribution is 2.18. The number of hydrogen-bond donors (Lipinski definition) is 0. The molecule has 88 valence electrons. The molecule has 0 saturated heterocycles. The molecule has 0 aliphatic heterocycles. The fourth-order valence-corrected chi connectivity index (χ4v) is 1.56. The lowest BCUT2D eigenvalue weighted by Gasteiger charge is -2.05. The molecule has 0 aliphatic carbocycles. The number of carbonyl (C=O) groups is 1. The van der Waals surface area contributed by atoms with E-state index in [9.17, 15) is 13.6 Å². The molecule has 0 aliphatic rings. The van der Waals surface area contributed by atoms with Crippen molar-refractivity contribution in [2.24, 2.45) is 7.05 Å². The van der Waals surface area contributed by atoms with Gasteiger partial charge in [0.2, 0.25) is 5.78 Å². The van der Waals surface area contributed by atoms with Crippen molar-refractivity contribution in [3.8, 4) is 0 Å². The van der Waals surface area contributed by atoms with Crippen LogP contribution in [0.5, 0.6) is 0 Å². The fourth-order valence-electron chi connectivity index (χ4n) is 1.56. The predicted octanol–water partition coefficient (Wildman–Crippen LogP) is 2.24. The number of ketones is 1. The highest BCUT2D eigenvalue weighted by molar-refractivity contribution is 6.08. The van der Waals surface area contributed by atoms with Gasteiger partial charge in [-0.2, -0.15) is 5.10 Å². The van der Waals surface area contributed by atoms with Crippen LogP contribution in [-0.2, 0) is 7.05 Å². The van der Waals surface area contributed by atoms with Gasteiger partial charge in [0.15, 0.2) is 11.6 Å². The minimum atomic E-state index is -1.11. The summed E-state index contributed by atoms with van der Waals surface area (Å²) in [6.45, 7) is 1.44. The van der Waals surface area contributed by atoms with Gasteiger partial charge >= 0.3 is 0 Å². The summed E-state index contributed by atoms with van der Waals surface area (Å²) in [7, 11) is 1.57. The third-order valence-electron chi connectivity index (χ3n) is 2.57. The number of aryl methyl sites for hydroxylation is 2. The molecule has 0 unspecified atom stereocenters. The summed E-state index contributed by atoms with van der Waals surface area (Å²) >= 11 is 0. The summed E-state index contributed by atoms with van der Waals surface area (Å²) in [5.74, 6) is -2.68. The van der Waals surface area contributed by atoms with E-state index in [0.29, 0.717) is 0 Å². The van der Waals surface area contributed by atoms with Crippen LogP contribution in [-0.4, -0.2) is 15.6 Å². The van der Waals surface area contributed by atoms with Gasteiger partial charge in [-0.15, -0.1) is 0 Å². The number of benzene rings is 1. The molecule has 2 aromatic rings. The van der Waals surface area contributed by atoms with Crippen molar-refractivity contribution in [2.45, 2.75) is 6.92 Å². The van der Waals surface area contributed by atoms with E-state index in [1.807, 2.05) is 0 Å². The van der Waals surface area contributed by atoms with Gasteiger partial charge in [-0.1, -0.05) is 6.07 Å². The average Bonchev–Trinajstić information content (AvgIpc) is 2.72. The minimum Gasteiger partial charge on any atom is -0.287 e. The monoisotopic (exact) mass is 236 g/mol. The Labute approximate surface area is 96.7 Å². The summed E-state index contributed by atoms with van der Waals surface area (Å²) in [6, 6.07) is 4.12. The Balaban J connectivity index is 2.53. The van der Waals surface area contributed by atoms with Crippen molar-refractivity contribution in [1.29, 1.82) is 0 Å². The third-order valence-corrected chi connectivity index (χ3v) is 2.57. The van der Waals surface area contributed by atoms with Gasteiger partial charge in [-0.05, 0) is 24.6 Å². The quantitative estimate of drug-likeness (QED) is 0.749. The molecule has 17 heavy (non-hydrogen) atoms. The zero-order valence-corrected chi connectivity index (χ0v) is 9.37. The molecular formula is C12H10F2N2O. The van der Waals surface area contributed by atoms with E-state index in [1.165, 1.54) is 36.0 Å². The average molecular weight is 236 g/mol. The first-order chi connectivity index (χ1) is 8.02. The molecule has 5 heteroatoms. The van der Waals surface area contributed by atoms with Crippen LogP contribution in [0.3, 0.4) is 0 Å². The Morgan fingerprint density at radius 3 is 2.53 bits per heavy atom. The van der Waals surface area contributed by atoms with Gasteiger partial charge in [0, 0.05) is 13.2 Å². The topological polar surface area (TPSA) is 34.9 Å². The second kappa shape index (κ2) is 4.08. The fraction of sp³-hybridized carbons (Fsp3) is 0.167. The van der Waals surface area contributed by atoms with Gasteiger partial charge in [-0.25, -0.2) is 8.78 Å². The van der Waals surface area contributed by atoms with Gasteiger partial charge in [-0.3, -0.25) is 9.48 Å². The zero-order chi connectivity index (χ0) is 12.6. The zero-order valence-electron chi connectivity index (χ0n) is 9.37. The van der Waals surface area contributed by atoms with E-state index in [2.05, 4.69) is 5.10 Å². The molecule has 2 rings (SSSR count). The van der Waals surface area contributed by atoms with Gasteiger partial charge < -0.3 is 0 Å². The van der Waals surface area contributed by atoms with Crippen LogP contribution >= 0.6 is 0 Å². The first-order valence-electron chi connectivity index (χ1n) is 4.99. The normalized spacial score (nSPS) is 10.6. The number of hydrogen-bond acceptors (Lipinski definition) is 2. The molecule has 0 atom stereocenters. The molecule has 0 spiro atoms. The van der Waals surface area contributed by atoms with Crippen molar-refractivity contribution in [2.75, 3.05) is 0 Å². The molecule has 3 nitrogen and oxygen atoms in total. The second-order valence-electron chi connectivity index (χ2n) is 3.73. The summed E-state index contributed by atoms with van der Waals surface area (Å²) in [6.07, 6.45) is 1.43. The third kappa shape index (κ3) is 1.84. The highest BCUT2D eigenvalue weighted by Gasteiger charge is 2.20. The maximum Gasteiger partial charge on any atom is 0.214 e.